The molecule has 0 spiro atoms. The van der Waals surface area contributed by atoms with E-state index in [1.807, 2.05) is 6.92 Å². The molecule has 0 aromatic carbocycles. The Balaban J connectivity index is 3.01. The van der Waals surface area contributed by atoms with Crippen molar-refractivity contribution in [3.05, 3.63) is 33.2 Å². The third kappa shape index (κ3) is 3.67. The summed E-state index contributed by atoms with van der Waals surface area (Å²) in [5, 5.41) is 11.4. The van der Waals surface area contributed by atoms with E-state index >= 15 is 0 Å². The number of aliphatic carboxylic acids is 1. The van der Waals surface area contributed by atoms with Crippen LogP contribution in [0.15, 0.2) is 10.9 Å². The van der Waals surface area contributed by atoms with Gasteiger partial charge in [0.2, 0.25) is 0 Å². The van der Waals surface area contributed by atoms with E-state index in [-0.39, 0.29) is 5.56 Å². The Labute approximate surface area is 110 Å². The molecule has 3 N–H and O–H groups in total. The molecule has 19 heavy (non-hydrogen) atoms. The first-order chi connectivity index (χ1) is 8.86. The number of hydrogen-bond acceptors (Lipinski definition) is 3. The van der Waals surface area contributed by atoms with E-state index in [0.29, 0.717) is 24.1 Å². The Morgan fingerprint density at radius 1 is 1.42 bits per heavy atom. The Hall–Kier alpha value is -2.11. The second-order valence-corrected chi connectivity index (χ2v) is 4.49. The van der Waals surface area contributed by atoms with Gasteiger partial charge in [0, 0.05) is 5.69 Å². The van der Waals surface area contributed by atoms with Crippen LogP contribution in [0, 0.1) is 13.8 Å². The number of H-pyrrole nitrogens is 1. The zero-order valence-electron chi connectivity index (χ0n) is 11.2. The van der Waals surface area contributed by atoms with Gasteiger partial charge in [0.05, 0.1) is 0 Å². The molecule has 6 nitrogen and oxygen atoms in total. The quantitative estimate of drug-likeness (QED) is 0.739. The van der Waals surface area contributed by atoms with Gasteiger partial charge in [-0.1, -0.05) is 13.3 Å². The molecule has 0 unspecified atom stereocenters. The molecule has 0 saturated heterocycles. The van der Waals surface area contributed by atoms with Gasteiger partial charge < -0.3 is 15.4 Å². The molecule has 1 heterocycles. The summed E-state index contributed by atoms with van der Waals surface area (Å²) in [5.74, 6) is -1.75. The lowest BCUT2D eigenvalue weighted by molar-refractivity contribution is -0.139. The van der Waals surface area contributed by atoms with Crippen molar-refractivity contribution in [3.63, 3.8) is 0 Å². The predicted molar refractivity (Wildman–Crippen MR) is 70.3 cm³/mol. The first kappa shape index (κ1) is 14.9. The zero-order chi connectivity index (χ0) is 14.6. The Bertz CT molecular complexity index is 548. The monoisotopic (exact) mass is 266 g/mol. The van der Waals surface area contributed by atoms with Crippen LogP contribution >= 0.6 is 0 Å². The summed E-state index contributed by atoms with van der Waals surface area (Å²) in [4.78, 5) is 37.3. The number of aryl methyl sites for hydroxylation is 2. The van der Waals surface area contributed by atoms with Gasteiger partial charge in [0.1, 0.15) is 11.6 Å². The highest BCUT2D eigenvalue weighted by molar-refractivity contribution is 5.97. The van der Waals surface area contributed by atoms with Crippen LogP contribution in [0.3, 0.4) is 0 Å². The predicted octanol–water partition coefficient (Wildman–Crippen LogP) is 0.975. The van der Waals surface area contributed by atoms with Crippen LogP contribution in [0.4, 0.5) is 0 Å². The minimum atomic E-state index is -1.10. The van der Waals surface area contributed by atoms with Crippen LogP contribution in [0.1, 0.15) is 41.4 Å². The molecule has 1 aromatic rings. The average Bonchev–Trinajstić information content (AvgIpc) is 2.26. The summed E-state index contributed by atoms with van der Waals surface area (Å²) in [6, 6.07) is 0.698. The van der Waals surface area contributed by atoms with Gasteiger partial charge in [-0.15, -0.1) is 0 Å². The fourth-order valence-corrected chi connectivity index (χ4v) is 1.91. The molecule has 1 amide bonds. The number of pyridine rings is 1. The summed E-state index contributed by atoms with van der Waals surface area (Å²) in [7, 11) is 0. The molecule has 0 aliphatic heterocycles. The van der Waals surface area contributed by atoms with E-state index in [1.165, 1.54) is 0 Å². The third-order valence-electron chi connectivity index (χ3n) is 2.77. The maximum absolute atomic E-state index is 12.0. The number of carbonyl (C=O) groups excluding carboxylic acids is 1. The number of carboxylic acids is 1. The fourth-order valence-electron chi connectivity index (χ4n) is 1.91. The molecule has 0 aliphatic rings. The van der Waals surface area contributed by atoms with E-state index in [0.717, 1.165) is 0 Å². The first-order valence-electron chi connectivity index (χ1n) is 6.11. The second-order valence-electron chi connectivity index (χ2n) is 4.49. The van der Waals surface area contributed by atoms with Gasteiger partial charge >= 0.3 is 5.97 Å². The highest BCUT2D eigenvalue weighted by atomic mass is 16.4. The van der Waals surface area contributed by atoms with E-state index in [2.05, 4.69) is 10.3 Å². The average molecular weight is 266 g/mol. The highest BCUT2D eigenvalue weighted by Gasteiger charge is 2.22. The van der Waals surface area contributed by atoms with Gasteiger partial charge in [0.25, 0.3) is 11.5 Å². The van der Waals surface area contributed by atoms with Gasteiger partial charge in [0.15, 0.2) is 0 Å². The number of carbonyl (C=O) groups is 2. The molecule has 0 radical (unpaired) electrons. The second kappa shape index (κ2) is 6.17. The maximum Gasteiger partial charge on any atom is 0.326 e. The van der Waals surface area contributed by atoms with Crippen LogP contribution in [0.5, 0.6) is 0 Å². The van der Waals surface area contributed by atoms with Crippen molar-refractivity contribution in [3.8, 4) is 0 Å². The fraction of sp³-hybridized carbons (Fsp3) is 0.462. The number of carboxylic acid groups (broad SMARTS) is 1. The molecule has 1 atom stereocenters. The van der Waals surface area contributed by atoms with Crippen LogP contribution in [-0.4, -0.2) is 28.0 Å². The number of rotatable bonds is 5. The number of aromatic amines is 1. The molecule has 0 aliphatic carbocycles. The van der Waals surface area contributed by atoms with Crippen molar-refractivity contribution in [2.75, 3.05) is 0 Å². The molecular formula is C13H18N2O4. The Morgan fingerprint density at radius 2 is 2.05 bits per heavy atom. The summed E-state index contributed by atoms with van der Waals surface area (Å²) in [6.45, 7) is 5.19. The van der Waals surface area contributed by atoms with E-state index < -0.39 is 23.5 Å². The van der Waals surface area contributed by atoms with Crippen LogP contribution < -0.4 is 10.9 Å². The van der Waals surface area contributed by atoms with Crippen molar-refractivity contribution >= 4 is 11.9 Å². The first-order valence-corrected chi connectivity index (χ1v) is 6.11. The van der Waals surface area contributed by atoms with Crippen molar-refractivity contribution in [1.29, 1.82) is 0 Å². The van der Waals surface area contributed by atoms with Crippen LogP contribution in [0.25, 0.3) is 0 Å². The van der Waals surface area contributed by atoms with Gasteiger partial charge in [-0.25, -0.2) is 4.79 Å². The maximum atomic E-state index is 12.0. The normalized spacial score (nSPS) is 11.9. The summed E-state index contributed by atoms with van der Waals surface area (Å²) in [5.41, 5.74) is 0.644. The van der Waals surface area contributed by atoms with E-state index in [4.69, 9.17) is 5.11 Å². The third-order valence-corrected chi connectivity index (χ3v) is 2.77. The molecule has 0 fully saturated rings. The van der Waals surface area contributed by atoms with Crippen LogP contribution in [0.2, 0.25) is 0 Å². The molecule has 1 rings (SSSR count). The van der Waals surface area contributed by atoms with Gasteiger partial charge in [-0.05, 0) is 31.9 Å². The molecule has 104 valence electrons. The van der Waals surface area contributed by atoms with Crippen LogP contribution in [-0.2, 0) is 4.79 Å². The standard InChI is InChI=1S/C13H18N2O4/c1-4-5-9(13(18)19)15-12(17)10-7(2)6-8(3)14-11(10)16/h6,9H,4-5H2,1-3H3,(H,14,16)(H,15,17)(H,18,19)/t9-/m0/s1. The van der Waals surface area contributed by atoms with Crippen molar-refractivity contribution in [2.45, 2.75) is 39.7 Å². The summed E-state index contributed by atoms with van der Waals surface area (Å²) < 4.78 is 0. The van der Waals surface area contributed by atoms with Gasteiger partial charge in [-0.2, -0.15) is 0 Å². The lowest BCUT2D eigenvalue weighted by Crippen LogP contribution is -2.42. The number of hydrogen-bond donors (Lipinski definition) is 3. The minimum Gasteiger partial charge on any atom is -0.480 e. The van der Waals surface area contributed by atoms with E-state index in [1.54, 1.807) is 19.9 Å². The van der Waals surface area contributed by atoms with Crippen molar-refractivity contribution in [2.24, 2.45) is 0 Å². The molecule has 0 saturated carbocycles. The lowest BCUT2D eigenvalue weighted by Gasteiger charge is -2.14. The SMILES string of the molecule is CCC[C@H](NC(=O)c1c(C)cc(C)[nH]c1=O)C(=O)O. The topological polar surface area (TPSA) is 99.3 Å². The minimum absolute atomic E-state index is 0.0343. The van der Waals surface area contributed by atoms with Crippen molar-refractivity contribution < 1.29 is 14.7 Å². The smallest absolute Gasteiger partial charge is 0.326 e. The van der Waals surface area contributed by atoms with E-state index in [9.17, 15) is 14.4 Å². The van der Waals surface area contributed by atoms with Crippen molar-refractivity contribution in [1.82, 2.24) is 10.3 Å². The zero-order valence-corrected chi connectivity index (χ0v) is 11.2. The molecule has 6 heteroatoms. The van der Waals surface area contributed by atoms with Gasteiger partial charge in [-0.3, -0.25) is 9.59 Å². The summed E-state index contributed by atoms with van der Waals surface area (Å²) >= 11 is 0. The lowest BCUT2D eigenvalue weighted by atomic mass is 10.1. The molecule has 1 aromatic heterocycles. The largest absolute Gasteiger partial charge is 0.480 e. The molecular weight excluding hydrogens is 248 g/mol. The number of nitrogens with one attached hydrogen (secondary N) is 2. The highest BCUT2D eigenvalue weighted by Crippen LogP contribution is 2.05. The molecule has 0 bridgehead atoms. The summed E-state index contributed by atoms with van der Waals surface area (Å²) in [6.07, 6.45) is 0.949. The Morgan fingerprint density at radius 3 is 2.53 bits per heavy atom. The number of aromatic nitrogens is 1. The Kier molecular flexibility index (Phi) is 4.86. The number of amides is 1.